The molecule has 0 aromatic carbocycles. The van der Waals surface area contributed by atoms with E-state index in [9.17, 15) is 4.79 Å². The highest BCUT2D eigenvalue weighted by molar-refractivity contribution is 5.81. The Balaban J connectivity index is 2.62. The molecule has 1 rings (SSSR count). The predicted octanol–water partition coefficient (Wildman–Crippen LogP) is 1.98. The van der Waals surface area contributed by atoms with Crippen LogP contribution in [0.4, 0.5) is 0 Å². The summed E-state index contributed by atoms with van der Waals surface area (Å²) in [5.41, 5.74) is 2.11. The van der Waals surface area contributed by atoms with Crippen LogP contribution in [0.5, 0.6) is 0 Å². The summed E-state index contributed by atoms with van der Waals surface area (Å²) in [6.45, 7) is 6.89. The molecule has 0 saturated carbocycles. The number of hydrogen-bond acceptors (Lipinski definition) is 3. The molecule has 0 spiro atoms. The van der Waals surface area contributed by atoms with Gasteiger partial charge in [-0.1, -0.05) is 19.9 Å². The van der Waals surface area contributed by atoms with Gasteiger partial charge >= 0.3 is 0 Å². The van der Waals surface area contributed by atoms with Gasteiger partial charge < -0.3 is 10.2 Å². The number of carbonyl (C=O) groups is 1. The molecule has 0 saturated heterocycles. The van der Waals surface area contributed by atoms with E-state index in [2.05, 4.69) is 24.1 Å². The van der Waals surface area contributed by atoms with Crippen molar-refractivity contribution in [2.75, 3.05) is 14.1 Å². The Kier molecular flexibility index (Phi) is 5.96. The molecular formula is C15H25N3O. The number of aromatic nitrogens is 1. The minimum atomic E-state index is -0.141. The van der Waals surface area contributed by atoms with Crippen LogP contribution < -0.4 is 5.32 Å². The lowest BCUT2D eigenvalue weighted by atomic mass is 10.0. The largest absolute Gasteiger partial charge is 0.347 e. The summed E-state index contributed by atoms with van der Waals surface area (Å²) in [5.74, 6) is 0.605. The Morgan fingerprint density at radius 1 is 1.37 bits per heavy atom. The maximum atomic E-state index is 12.1. The lowest BCUT2D eigenvalue weighted by Gasteiger charge is -2.23. The maximum Gasteiger partial charge on any atom is 0.239 e. The Morgan fingerprint density at radius 2 is 2.05 bits per heavy atom. The number of aryl methyl sites for hydroxylation is 1. The molecule has 4 nitrogen and oxygen atoms in total. The molecule has 1 amide bonds. The molecule has 1 heterocycles. The fourth-order valence-electron chi connectivity index (χ4n) is 1.89. The SMILES string of the molecule is Cc1ccc(CNC(CC(C)C)C(=O)N(C)C)nc1. The minimum absolute atomic E-state index is 0.126. The molecular weight excluding hydrogens is 238 g/mol. The van der Waals surface area contributed by atoms with Crippen LogP contribution in [0, 0.1) is 12.8 Å². The number of rotatable bonds is 6. The second-order valence-corrected chi connectivity index (χ2v) is 5.62. The van der Waals surface area contributed by atoms with Crippen LogP contribution in [0.15, 0.2) is 18.3 Å². The first-order chi connectivity index (χ1) is 8.90. The van der Waals surface area contributed by atoms with E-state index in [0.29, 0.717) is 12.5 Å². The zero-order valence-electron chi connectivity index (χ0n) is 12.6. The summed E-state index contributed by atoms with van der Waals surface area (Å²) in [6, 6.07) is 3.89. The monoisotopic (exact) mass is 263 g/mol. The first kappa shape index (κ1) is 15.6. The van der Waals surface area contributed by atoms with Crippen molar-refractivity contribution < 1.29 is 4.79 Å². The first-order valence-corrected chi connectivity index (χ1v) is 6.76. The summed E-state index contributed by atoms with van der Waals surface area (Å²) in [5, 5.41) is 3.31. The Labute approximate surface area is 116 Å². The smallest absolute Gasteiger partial charge is 0.239 e. The van der Waals surface area contributed by atoms with Gasteiger partial charge in [0.2, 0.25) is 5.91 Å². The molecule has 0 bridgehead atoms. The van der Waals surface area contributed by atoms with Crippen LogP contribution in [0.3, 0.4) is 0 Å². The molecule has 0 aliphatic rings. The van der Waals surface area contributed by atoms with Gasteiger partial charge in [-0.2, -0.15) is 0 Å². The number of amides is 1. The zero-order chi connectivity index (χ0) is 14.4. The van der Waals surface area contributed by atoms with Crippen molar-refractivity contribution in [3.05, 3.63) is 29.6 Å². The van der Waals surface area contributed by atoms with E-state index in [0.717, 1.165) is 17.7 Å². The highest BCUT2D eigenvalue weighted by Crippen LogP contribution is 2.08. The van der Waals surface area contributed by atoms with E-state index in [1.54, 1.807) is 19.0 Å². The van der Waals surface area contributed by atoms with E-state index in [4.69, 9.17) is 0 Å². The van der Waals surface area contributed by atoms with Crippen molar-refractivity contribution in [2.45, 2.75) is 39.8 Å². The summed E-state index contributed by atoms with van der Waals surface area (Å²) in [6.07, 6.45) is 2.69. The molecule has 1 aromatic rings. The Morgan fingerprint density at radius 3 is 2.53 bits per heavy atom. The lowest BCUT2D eigenvalue weighted by Crippen LogP contribution is -2.44. The van der Waals surface area contributed by atoms with Gasteiger partial charge in [0.1, 0.15) is 0 Å². The third-order valence-electron chi connectivity index (χ3n) is 2.95. The van der Waals surface area contributed by atoms with Crippen LogP contribution in [0.2, 0.25) is 0 Å². The number of pyridine rings is 1. The standard InChI is InChI=1S/C15H25N3O/c1-11(2)8-14(15(19)18(4)5)17-10-13-7-6-12(3)9-16-13/h6-7,9,11,14,17H,8,10H2,1-5H3. The van der Waals surface area contributed by atoms with Crippen molar-refractivity contribution in [1.29, 1.82) is 0 Å². The maximum absolute atomic E-state index is 12.1. The van der Waals surface area contributed by atoms with Gasteiger partial charge in [0.25, 0.3) is 0 Å². The molecule has 1 unspecified atom stereocenters. The molecule has 0 aliphatic heterocycles. The van der Waals surface area contributed by atoms with E-state index in [1.807, 2.05) is 25.3 Å². The average molecular weight is 263 g/mol. The van der Waals surface area contributed by atoms with Crippen molar-refractivity contribution in [1.82, 2.24) is 15.2 Å². The summed E-state index contributed by atoms with van der Waals surface area (Å²) >= 11 is 0. The van der Waals surface area contributed by atoms with Crippen LogP contribution >= 0.6 is 0 Å². The number of nitrogens with zero attached hydrogens (tertiary/aromatic N) is 2. The molecule has 19 heavy (non-hydrogen) atoms. The summed E-state index contributed by atoms with van der Waals surface area (Å²) in [4.78, 5) is 18.1. The number of nitrogens with one attached hydrogen (secondary N) is 1. The summed E-state index contributed by atoms with van der Waals surface area (Å²) < 4.78 is 0. The normalized spacial score (nSPS) is 12.5. The fourth-order valence-corrected chi connectivity index (χ4v) is 1.89. The summed E-state index contributed by atoms with van der Waals surface area (Å²) in [7, 11) is 3.59. The Bertz CT molecular complexity index is 398. The van der Waals surface area contributed by atoms with Crippen molar-refractivity contribution in [2.24, 2.45) is 5.92 Å². The van der Waals surface area contributed by atoms with Gasteiger partial charge in [-0.25, -0.2) is 0 Å². The van der Waals surface area contributed by atoms with E-state index in [1.165, 1.54) is 0 Å². The van der Waals surface area contributed by atoms with Crippen molar-refractivity contribution >= 4 is 5.91 Å². The molecule has 4 heteroatoms. The fraction of sp³-hybridized carbons (Fsp3) is 0.600. The van der Waals surface area contributed by atoms with Gasteiger partial charge in [-0.3, -0.25) is 9.78 Å². The molecule has 1 aromatic heterocycles. The Hall–Kier alpha value is -1.42. The van der Waals surface area contributed by atoms with E-state index in [-0.39, 0.29) is 11.9 Å². The quantitative estimate of drug-likeness (QED) is 0.853. The van der Waals surface area contributed by atoms with Crippen LogP contribution in [0.25, 0.3) is 0 Å². The average Bonchev–Trinajstić information content (AvgIpc) is 2.35. The highest BCUT2D eigenvalue weighted by Gasteiger charge is 2.20. The molecule has 0 fully saturated rings. The number of carbonyl (C=O) groups excluding carboxylic acids is 1. The van der Waals surface area contributed by atoms with Crippen molar-refractivity contribution in [3.63, 3.8) is 0 Å². The van der Waals surface area contributed by atoms with Gasteiger partial charge in [0.05, 0.1) is 11.7 Å². The van der Waals surface area contributed by atoms with Crippen molar-refractivity contribution in [3.8, 4) is 0 Å². The molecule has 0 radical (unpaired) electrons. The van der Waals surface area contributed by atoms with Gasteiger partial charge in [-0.05, 0) is 30.9 Å². The second-order valence-electron chi connectivity index (χ2n) is 5.62. The van der Waals surface area contributed by atoms with Gasteiger partial charge in [0.15, 0.2) is 0 Å². The third-order valence-corrected chi connectivity index (χ3v) is 2.95. The number of likely N-dealkylation sites (N-methyl/N-ethyl adjacent to an activating group) is 1. The highest BCUT2D eigenvalue weighted by atomic mass is 16.2. The first-order valence-electron chi connectivity index (χ1n) is 6.76. The van der Waals surface area contributed by atoms with Crippen LogP contribution in [-0.4, -0.2) is 35.9 Å². The number of hydrogen-bond donors (Lipinski definition) is 1. The predicted molar refractivity (Wildman–Crippen MR) is 77.8 cm³/mol. The lowest BCUT2D eigenvalue weighted by molar-refractivity contribution is -0.131. The van der Waals surface area contributed by atoms with Crippen LogP contribution in [-0.2, 0) is 11.3 Å². The van der Waals surface area contributed by atoms with Crippen LogP contribution in [0.1, 0.15) is 31.5 Å². The molecule has 106 valence electrons. The topological polar surface area (TPSA) is 45.2 Å². The minimum Gasteiger partial charge on any atom is -0.347 e. The van der Waals surface area contributed by atoms with Gasteiger partial charge in [0, 0.05) is 26.8 Å². The zero-order valence-corrected chi connectivity index (χ0v) is 12.6. The van der Waals surface area contributed by atoms with E-state index >= 15 is 0 Å². The third kappa shape index (κ3) is 5.39. The molecule has 0 aliphatic carbocycles. The van der Waals surface area contributed by atoms with E-state index < -0.39 is 0 Å². The van der Waals surface area contributed by atoms with Gasteiger partial charge in [-0.15, -0.1) is 0 Å². The molecule has 1 atom stereocenters. The molecule has 1 N–H and O–H groups in total. The second kappa shape index (κ2) is 7.24.